The molecule has 0 radical (unpaired) electrons. The van der Waals surface area contributed by atoms with Crippen molar-refractivity contribution in [1.82, 2.24) is 14.9 Å². The highest BCUT2D eigenvalue weighted by Gasteiger charge is 2.28. The van der Waals surface area contributed by atoms with Gasteiger partial charge in [-0.25, -0.2) is 21.6 Å². The first-order valence-electron chi connectivity index (χ1n) is 9.27. The number of sulfone groups is 1. The second kappa shape index (κ2) is 9.23. The van der Waals surface area contributed by atoms with Gasteiger partial charge in [0, 0.05) is 26.1 Å². The molecular weight excluding hydrogens is 418 g/mol. The molecule has 9 nitrogen and oxygen atoms in total. The largest absolute Gasteiger partial charge is 0.345 e. The van der Waals surface area contributed by atoms with Gasteiger partial charge in [-0.2, -0.15) is 0 Å². The van der Waals surface area contributed by atoms with Crippen molar-refractivity contribution in [1.29, 1.82) is 0 Å². The second-order valence-electron chi connectivity index (χ2n) is 7.18. The summed E-state index contributed by atoms with van der Waals surface area (Å²) in [6, 6.07) is 4.17. The van der Waals surface area contributed by atoms with Gasteiger partial charge in [-0.05, 0) is 32.4 Å². The van der Waals surface area contributed by atoms with Gasteiger partial charge in [-0.15, -0.1) is 0 Å². The number of sulfonamides is 1. The number of carbonyl (C=O) groups excluding carboxylic acids is 2. The molecule has 1 aromatic carbocycles. The Balaban J connectivity index is 1.82. The lowest BCUT2D eigenvalue weighted by Crippen LogP contribution is -2.51. The minimum absolute atomic E-state index is 0.0837. The summed E-state index contributed by atoms with van der Waals surface area (Å²) in [6.07, 6.45) is -0.129. The van der Waals surface area contributed by atoms with Crippen LogP contribution in [0.4, 0.5) is 0 Å². The molecule has 1 aliphatic heterocycles. The summed E-state index contributed by atoms with van der Waals surface area (Å²) in [5.41, 5.74) is 1.57. The van der Waals surface area contributed by atoms with Crippen molar-refractivity contribution >= 4 is 31.7 Å². The van der Waals surface area contributed by atoms with Gasteiger partial charge >= 0.3 is 0 Å². The van der Waals surface area contributed by atoms with Crippen LogP contribution in [0.15, 0.2) is 23.1 Å². The fraction of sp³-hybridized carbons (Fsp3) is 0.556. The van der Waals surface area contributed by atoms with E-state index in [4.69, 9.17) is 0 Å². The molecular formula is C18H27N3O6S2. The maximum absolute atomic E-state index is 12.4. The van der Waals surface area contributed by atoms with E-state index in [0.717, 1.165) is 5.56 Å². The molecule has 0 aliphatic carbocycles. The molecule has 1 aromatic rings. The van der Waals surface area contributed by atoms with Crippen molar-refractivity contribution < 1.29 is 26.4 Å². The van der Waals surface area contributed by atoms with Crippen LogP contribution in [0, 0.1) is 13.8 Å². The standard InChI is InChI=1S/C18H27N3O6S2/c1-13-4-5-16(14(2)12-13)29(26,27)19-7-6-17(22)20-15(3)18(23)21-8-10-28(24,25)11-9-21/h4-5,12,15,19H,6-11H2,1-3H3,(H,20,22). The number of rotatable bonds is 7. The van der Waals surface area contributed by atoms with Crippen LogP contribution in [0.1, 0.15) is 24.5 Å². The monoisotopic (exact) mass is 445 g/mol. The van der Waals surface area contributed by atoms with Crippen LogP contribution in [-0.4, -0.2) is 70.7 Å². The predicted octanol–water partition coefficient (Wildman–Crippen LogP) is -0.266. The zero-order chi connectivity index (χ0) is 21.8. The molecule has 0 aromatic heterocycles. The summed E-state index contributed by atoms with van der Waals surface area (Å²) >= 11 is 0. The minimum Gasteiger partial charge on any atom is -0.345 e. The van der Waals surface area contributed by atoms with Crippen LogP contribution >= 0.6 is 0 Å². The lowest BCUT2D eigenvalue weighted by Gasteiger charge is -2.29. The Bertz CT molecular complexity index is 975. The molecule has 11 heteroatoms. The highest BCUT2D eigenvalue weighted by molar-refractivity contribution is 7.91. The molecule has 2 rings (SSSR count). The first kappa shape index (κ1) is 23.3. The fourth-order valence-corrected chi connectivity index (χ4v) is 5.52. The SMILES string of the molecule is Cc1ccc(S(=O)(=O)NCCC(=O)NC(C)C(=O)N2CCS(=O)(=O)CC2)c(C)c1. The Morgan fingerprint density at radius 1 is 1.17 bits per heavy atom. The van der Waals surface area contributed by atoms with Crippen LogP contribution in [0.3, 0.4) is 0 Å². The van der Waals surface area contributed by atoms with E-state index in [0.29, 0.717) is 5.56 Å². The molecule has 2 amide bonds. The molecule has 1 unspecified atom stereocenters. The third-order valence-electron chi connectivity index (χ3n) is 4.67. The van der Waals surface area contributed by atoms with Gasteiger partial charge < -0.3 is 10.2 Å². The molecule has 162 valence electrons. The maximum Gasteiger partial charge on any atom is 0.244 e. The highest BCUT2D eigenvalue weighted by atomic mass is 32.2. The van der Waals surface area contributed by atoms with E-state index in [-0.39, 0.29) is 48.4 Å². The molecule has 2 N–H and O–H groups in total. The first-order valence-corrected chi connectivity index (χ1v) is 12.6. The van der Waals surface area contributed by atoms with Crippen LogP contribution in [0.5, 0.6) is 0 Å². The van der Waals surface area contributed by atoms with Gasteiger partial charge in [0.15, 0.2) is 9.84 Å². The number of carbonyl (C=O) groups is 2. The number of hydrogen-bond acceptors (Lipinski definition) is 6. The minimum atomic E-state index is -3.74. The molecule has 29 heavy (non-hydrogen) atoms. The van der Waals surface area contributed by atoms with Gasteiger partial charge in [-0.1, -0.05) is 17.7 Å². The third-order valence-corrected chi connectivity index (χ3v) is 7.90. The van der Waals surface area contributed by atoms with Crippen molar-refractivity contribution in [2.75, 3.05) is 31.1 Å². The third kappa shape index (κ3) is 6.51. The molecule has 1 heterocycles. The average molecular weight is 446 g/mol. The van der Waals surface area contributed by atoms with Gasteiger partial charge in [0.2, 0.25) is 21.8 Å². The number of benzene rings is 1. The lowest BCUT2D eigenvalue weighted by atomic mass is 10.2. The summed E-state index contributed by atoms with van der Waals surface area (Å²) in [5, 5.41) is 2.53. The van der Waals surface area contributed by atoms with Gasteiger partial charge in [0.05, 0.1) is 16.4 Å². The van der Waals surface area contributed by atoms with E-state index >= 15 is 0 Å². The Morgan fingerprint density at radius 3 is 2.38 bits per heavy atom. The zero-order valence-corrected chi connectivity index (χ0v) is 18.4. The molecule has 1 atom stereocenters. The summed E-state index contributed by atoms with van der Waals surface area (Å²) in [7, 11) is -6.84. The quantitative estimate of drug-likeness (QED) is 0.594. The maximum atomic E-state index is 12.4. The normalized spacial score (nSPS) is 17.6. The molecule has 1 aliphatic rings. The van der Waals surface area contributed by atoms with Crippen molar-refractivity contribution in [2.24, 2.45) is 0 Å². The van der Waals surface area contributed by atoms with Crippen molar-refractivity contribution in [3.8, 4) is 0 Å². The van der Waals surface area contributed by atoms with Gasteiger partial charge in [0.1, 0.15) is 6.04 Å². The summed E-state index contributed by atoms with van der Waals surface area (Å²) in [6.45, 7) is 5.20. The molecule has 0 spiro atoms. The van der Waals surface area contributed by atoms with E-state index in [1.165, 1.54) is 17.9 Å². The van der Waals surface area contributed by atoms with E-state index in [2.05, 4.69) is 10.0 Å². The van der Waals surface area contributed by atoms with Crippen LogP contribution in [-0.2, 0) is 29.4 Å². The Hall–Kier alpha value is -1.98. The highest BCUT2D eigenvalue weighted by Crippen LogP contribution is 2.16. The Kier molecular flexibility index (Phi) is 7.41. The molecule has 0 bridgehead atoms. The smallest absolute Gasteiger partial charge is 0.244 e. The molecule has 1 saturated heterocycles. The van der Waals surface area contributed by atoms with Crippen LogP contribution in [0.2, 0.25) is 0 Å². The summed E-state index contributed by atoms with van der Waals surface area (Å²) in [5.74, 6) is -0.998. The molecule has 0 saturated carbocycles. The predicted molar refractivity (Wildman–Crippen MR) is 109 cm³/mol. The average Bonchev–Trinajstić information content (AvgIpc) is 2.60. The topological polar surface area (TPSA) is 130 Å². The van der Waals surface area contributed by atoms with Gasteiger partial charge in [0.25, 0.3) is 0 Å². The Labute approximate surface area is 171 Å². The van der Waals surface area contributed by atoms with E-state index in [9.17, 15) is 26.4 Å². The van der Waals surface area contributed by atoms with Crippen molar-refractivity contribution in [3.05, 3.63) is 29.3 Å². The zero-order valence-electron chi connectivity index (χ0n) is 16.8. The Morgan fingerprint density at radius 2 is 1.79 bits per heavy atom. The number of amides is 2. The van der Waals surface area contributed by atoms with Crippen LogP contribution < -0.4 is 10.0 Å². The fourth-order valence-electron chi connectivity index (χ4n) is 3.06. The summed E-state index contributed by atoms with van der Waals surface area (Å²) in [4.78, 5) is 26.0. The second-order valence-corrected chi connectivity index (χ2v) is 11.2. The van der Waals surface area contributed by atoms with Crippen molar-refractivity contribution in [3.63, 3.8) is 0 Å². The number of nitrogens with one attached hydrogen (secondary N) is 2. The van der Waals surface area contributed by atoms with E-state index in [1.54, 1.807) is 19.1 Å². The summed E-state index contributed by atoms with van der Waals surface area (Å²) < 4.78 is 50.0. The van der Waals surface area contributed by atoms with Crippen molar-refractivity contribution in [2.45, 2.75) is 38.1 Å². The number of nitrogens with zero attached hydrogens (tertiary/aromatic N) is 1. The molecule has 1 fully saturated rings. The number of hydrogen-bond donors (Lipinski definition) is 2. The van der Waals surface area contributed by atoms with E-state index < -0.39 is 31.8 Å². The van der Waals surface area contributed by atoms with Crippen LogP contribution in [0.25, 0.3) is 0 Å². The van der Waals surface area contributed by atoms with E-state index in [1.807, 2.05) is 6.92 Å². The lowest BCUT2D eigenvalue weighted by molar-refractivity contribution is -0.135. The van der Waals surface area contributed by atoms with Gasteiger partial charge in [-0.3, -0.25) is 9.59 Å². The first-order chi connectivity index (χ1) is 13.4. The number of aryl methyl sites for hydroxylation is 2.